The fourth-order valence-electron chi connectivity index (χ4n) is 2.99. The molecule has 1 heterocycles. The molecule has 1 saturated heterocycles. The van der Waals surface area contributed by atoms with Crippen molar-refractivity contribution in [3.63, 3.8) is 0 Å². The predicted molar refractivity (Wildman–Crippen MR) is 96.8 cm³/mol. The van der Waals surface area contributed by atoms with Crippen LogP contribution in [-0.2, 0) is 17.8 Å². The van der Waals surface area contributed by atoms with Crippen molar-refractivity contribution in [1.29, 1.82) is 5.26 Å². The topological polar surface area (TPSA) is 92.6 Å². The van der Waals surface area contributed by atoms with E-state index in [1.807, 2.05) is 6.07 Å². The van der Waals surface area contributed by atoms with Gasteiger partial charge in [0.15, 0.2) is 0 Å². The molecule has 7 nitrogen and oxygen atoms in total. The van der Waals surface area contributed by atoms with Crippen LogP contribution in [0.25, 0.3) is 0 Å². The molecule has 3 rings (SSSR count). The molecule has 1 aliphatic heterocycles. The minimum atomic E-state index is -0.500. The Morgan fingerprint density at radius 1 is 1.15 bits per heavy atom. The van der Waals surface area contributed by atoms with Gasteiger partial charge in [-0.15, -0.1) is 0 Å². The van der Waals surface area contributed by atoms with E-state index in [1.54, 1.807) is 6.07 Å². The van der Waals surface area contributed by atoms with E-state index in [-0.39, 0.29) is 11.3 Å². The van der Waals surface area contributed by atoms with Crippen LogP contribution in [0.4, 0.5) is 11.4 Å². The van der Waals surface area contributed by atoms with Crippen LogP contribution in [0.5, 0.6) is 0 Å². The Labute approximate surface area is 152 Å². The number of anilines is 1. The second-order valence-corrected chi connectivity index (χ2v) is 6.31. The van der Waals surface area contributed by atoms with Crippen LogP contribution in [0, 0.1) is 21.4 Å². The lowest BCUT2D eigenvalue weighted by Gasteiger charge is -2.23. The van der Waals surface area contributed by atoms with Gasteiger partial charge in [0.1, 0.15) is 25.7 Å². The molecular weight excluding hydrogens is 332 g/mol. The van der Waals surface area contributed by atoms with Gasteiger partial charge in [0.05, 0.1) is 29.4 Å². The lowest BCUT2D eigenvalue weighted by Crippen LogP contribution is -3.12. The number of hydrogen-bond acceptors (Lipinski definition) is 5. The lowest BCUT2D eigenvalue weighted by molar-refractivity contribution is -0.921. The molecule has 0 spiro atoms. The third-order valence-electron chi connectivity index (χ3n) is 4.49. The quantitative estimate of drug-likeness (QED) is 0.606. The molecule has 0 atom stereocenters. The van der Waals surface area contributed by atoms with Crippen LogP contribution in [0.2, 0.25) is 0 Å². The summed E-state index contributed by atoms with van der Waals surface area (Å²) in [4.78, 5) is 11.8. The van der Waals surface area contributed by atoms with Gasteiger partial charge in [-0.25, -0.2) is 0 Å². The summed E-state index contributed by atoms with van der Waals surface area (Å²) < 4.78 is 5.38. The maximum Gasteiger partial charge on any atom is 0.270 e. The molecular formula is C19H21N4O3+. The standard InChI is InChI=1S/C19H20N4O3/c20-12-17-11-18(23(24)25)5-6-19(17)21-13-15-1-3-16(4-2-15)14-22-7-9-26-10-8-22/h1-6,11,21H,7-10,13-14H2/p+1. The van der Waals surface area contributed by atoms with Gasteiger partial charge in [-0.05, 0) is 11.6 Å². The molecule has 0 unspecified atom stereocenters. The van der Waals surface area contributed by atoms with E-state index in [9.17, 15) is 15.4 Å². The number of nitro benzene ring substituents is 1. The van der Waals surface area contributed by atoms with Gasteiger partial charge in [-0.2, -0.15) is 5.26 Å². The van der Waals surface area contributed by atoms with E-state index in [2.05, 4.69) is 29.6 Å². The molecule has 0 bridgehead atoms. The van der Waals surface area contributed by atoms with Crippen LogP contribution < -0.4 is 10.2 Å². The molecule has 0 aromatic heterocycles. The summed E-state index contributed by atoms with van der Waals surface area (Å²) >= 11 is 0. The number of nitro groups is 1. The maximum absolute atomic E-state index is 10.8. The number of quaternary nitrogens is 1. The van der Waals surface area contributed by atoms with Gasteiger partial charge in [0.25, 0.3) is 5.69 Å². The highest BCUT2D eigenvalue weighted by atomic mass is 16.6. The van der Waals surface area contributed by atoms with Gasteiger partial charge in [-0.1, -0.05) is 24.3 Å². The summed E-state index contributed by atoms with van der Waals surface area (Å²) in [7, 11) is 0. The van der Waals surface area contributed by atoms with Crippen molar-refractivity contribution in [3.05, 3.63) is 69.3 Å². The number of nitrogens with one attached hydrogen (secondary N) is 2. The highest BCUT2D eigenvalue weighted by molar-refractivity contribution is 5.61. The Kier molecular flexibility index (Phi) is 5.79. The summed E-state index contributed by atoms with van der Waals surface area (Å²) in [6, 6.07) is 14.7. The molecule has 1 fully saturated rings. The van der Waals surface area contributed by atoms with E-state index in [0.29, 0.717) is 12.2 Å². The summed E-state index contributed by atoms with van der Waals surface area (Å²) in [5, 5.41) is 23.2. The van der Waals surface area contributed by atoms with E-state index >= 15 is 0 Å². The van der Waals surface area contributed by atoms with Crippen LogP contribution in [0.15, 0.2) is 42.5 Å². The second-order valence-electron chi connectivity index (χ2n) is 6.31. The van der Waals surface area contributed by atoms with Crippen LogP contribution in [-0.4, -0.2) is 31.2 Å². The number of ether oxygens (including phenoxy) is 1. The lowest BCUT2D eigenvalue weighted by atomic mass is 10.1. The smallest absolute Gasteiger partial charge is 0.270 e. The minimum Gasteiger partial charge on any atom is -0.380 e. The predicted octanol–water partition coefficient (Wildman–Crippen LogP) is 1.49. The SMILES string of the molecule is N#Cc1cc([N+](=O)[O-])ccc1NCc1ccc(C[NH+]2CCOCC2)cc1. The fraction of sp³-hybridized carbons (Fsp3) is 0.316. The van der Waals surface area contributed by atoms with Crippen LogP contribution in [0.1, 0.15) is 16.7 Å². The van der Waals surface area contributed by atoms with Crippen LogP contribution >= 0.6 is 0 Å². The van der Waals surface area contributed by atoms with E-state index in [0.717, 1.165) is 38.4 Å². The first-order valence-electron chi connectivity index (χ1n) is 8.57. The van der Waals surface area contributed by atoms with Gasteiger partial charge in [0, 0.05) is 24.2 Å². The van der Waals surface area contributed by atoms with E-state index < -0.39 is 4.92 Å². The van der Waals surface area contributed by atoms with Gasteiger partial charge in [-0.3, -0.25) is 10.1 Å². The highest BCUT2D eigenvalue weighted by Gasteiger charge is 2.14. The molecule has 7 heteroatoms. The Morgan fingerprint density at radius 2 is 1.85 bits per heavy atom. The molecule has 2 aromatic carbocycles. The van der Waals surface area contributed by atoms with Crippen molar-refractivity contribution >= 4 is 11.4 Å². The number of benzene rings is 2. The van der Waals surface area contributed by atoms with Gasteiger partial charge >= 0.3 is 0 Å². The third-order valence-corrected chi connectivity index (χ3v) is 4.49. The molecule has 2 N–H and O–H groups in total. The maximum atomic E-state index is 10.8. The Morgan fingerprint density at radius 3 is 2.50 bits per heavy atom. The fourth-order valence-corrected chi connectivity index (χ4v) is 2.99. The van der Waals surface area contributed by atoms with E-state index in [1.165, 1.54) is 22.6 Å². The minimum absolute atomic E-state index is 0.0814. The van der Waals surface area contributed by atoms with Crippen molar-refractivity contribution in [2.24, 2.45) is 0 Å². The largest absolute Gasteiger partial charge is 0.380 e. The van der Waals surface area contributed by atoms with Crippen molar-refractivity contribution in [3.8, 4) is 6.07 Å². The number of nitrogens with zero attached hydrogens (tertiary/aromatic N) is 2. The third kappa shape index (κ3) is 4.57. The highest BCUT2D eigenvalue weighted by Crippen LogP contribution is 2.22. The molecule has 2 aromatic rings. The Balaban J connectivity index is 1.59. The monoisotopic (exact) mass is 353 g/mol. The van der Waals surface area contributed by atoms with E-state index in [4.69, 9.17) is 4.74 Å². The number of hydrogen-bond donors (Lipinski definition) is 2. The summed E-state index contributed by atoms with van der Waals surface area (Å²) in [5.74, 6) is 0. The normalized spacial score (nSPS) is 14.6. The van der Waals surface area contributed by atoms with Crippen molar-refractivity contribution in [2.75, 3.05) is 31.6 Å². The molecule has 0 saturated carbocycles. The summed E-state index contributed by atoms with van der Waals surface area (Å²) in [6.07, 6.45) is 0. The number of morpholine rings is 1. The van der Waals surface area contributed by atoms with Crippen molar-refractivity contribution < 1.29 is 14.6 Å². The average Bonchev–Trinajstić information content (AvgIpc) is 2.68. The number of nitriles is 1. The first-order valence-corrected chi connectivity index (χ1v) is 8.57. The molecule has 1 aliphatic rings. The Hall–Kier alpha value is -2.95. The second kappa shape index (κ2) is 8.43. The van der Waals surface area contributed by atoms with Crippen molar-refractivity contribution in [2.45, 2.75) is 13.1 Å². The average molecular weight is 353 g/mol. The molecule has 0 radical (unpaired) electrons. The summed E-state index contributed by atoms with van der Waals surface area (Å²) in [6.45, 7) is 5.29. The molecule has 0 aliphatic carbocycles. The molecule has 26 heavy (non-hydrogen) atoms. The Bertz CT molecular complexity index is 809. The number of rotatable bonds is 6. The molecule has 0 amide bonds. The first kappa shape index (κ1) is 17.9. The zero-order chi connectivity index (χ0) is 18.4. The van der Waals surface area contributed by atoms with Crippen molar-refractivity contribution in [1.82, 2.24) is 0 Å². The zero-order valence-corrected chi connectivity index (χ0v) is 14.4. The summed E-state index contributed by atoms with van der Waals surface area (Å²) in [5.41, 5.74) is 3.17. The van der Waals surface area contributed by atoms with Gasteiger partial charge in [0.2, 0.25) is 0 Å². The molecule has 134 valence electrons. The van der Waals surface area contributed by atoms with Gasteiger partial charge < -0.3 is 15.0 Å². The zero-order valence-electron chi connectivity index (χ0n) is 14.4. The first-order chi connectivity index (χ1) is 12.7. The van der Waals surface area contributed by atoms with Crippen LogP contribution in [0.3, 0.4) is 0 Å². The number of non-ortho nitro benzene ring substituents is 1.